The summed E-state index contributed by atoms with van der Waals surface area (Å²) in [6.45, 7) is 2.33. The maximum absolute atomic E-state index is 11.8. The molecule has 25 heavy (non-hydrogen) atoms. The van der Waals surface area contributed by atoms with Crippen molar-refractivity contribution in [2.24, 2.45) is 5.14 Å². The number of aromatic nitrogens is 3. The number of aromatic amines is 1. The van der Waals surface area contributed by atoms with E-state index < -0.39 is 15.7 Å². The number of primary sulfonamides is 1. The first kappa shape index (κ1) is 16.9. The minimum Gasteiger partial charge on any atom is -0.493 e. The molecule has 0 aliphatic heterocycles. The van der Waals surface area contributed by atoms with Crippen LogP contribution in [-0.4, -0.2) is 29.8 Å². The Morgan fingerprint density at radius 3 is 2.48 bits per heavy atom. The van der Waals surface area contributed by atoms with Gasteiger partial charge in [0.25, 0.3) is 0 Å². The third kappa shape index (κ3) is 3.47. The monoisotopic (exact) mass is 360 g/mol. The molecule has 0 bridgehead atoms. The SMILES string of the molecule is CCOc1ccccc1-c1nc(=O)[nH]n1-c1ccc(S(N)(=O)=O)cc1. The van der Waals surface area contributed by atoms with Crippen LogP contribution in [0.3, 0.4) is 0 Å². The molecule has 1 aromatic heterocycles. The molecule has 3 aromatic rings. The summed E-state index contributed by atoms with van der Waals surface area (Å²) in [7, 11) is -3.79. The Labute approximate surface area is 143 Å². The number of nitrogens with one attached hydrogen (secondary N) is 1. The quantitative estimate of drug-likeness (QED) is 0.710. The second kappa shape index (κ2) is 6.54. The predicted octanol–water partition coefficient (Wildman–Crippen LogP) is 1.27. The number of para-hydroxylation sites is 1. The van der Waals surface area contributed by atoms with Crippen LogP contribution in [0, 0.1) is 0 Å². The zero-order valence-corrected chi connectivity index (χ0v) is 14.2. The highest BCUT2D eigenvalue weighted by atomic mass is 32.2. The Bertz CT molecular complexity index is 1050. The first-order valence-electron chi connectivity index (χ1n) is 7.44. The lowest BCUT2D eigenvalue weighted by atomic mass is 10.2. The van der Waals surface area contributed by atoms with Crippen LogP contribution in [0.15, 0.2) is 58.2 Å². The molecular weight excluding hydrogens is 344 g/mol. The van der Waals surface area contributed by atoms with Crippen molar-refractivity contribution in [1.29, 1.82) is 0 Å². The average molecular weight is 360 g/mol. The fraction of sp³-hybridized carbons (Fsp3) is 0.125. The second-order valence-corrected chi connectivity index (χ2v) is 6.72. The summed E-state index contributed by atoms with van der Waals surface area (Å²) in [5.74, 6) is 0.948. The van der Waals surface area contributed by atoms with Gasteiger partial charge in [0, 0.05) is 0 Å². The standard InChI is InChI=1S/C16H16N4O4S/c1-2-24-14-6-4-3-5-13(14)15-18-16(21)19-20(15)11-7-9-12(10-8-11)25(17,22)23/h3-10H,2H2,1H3,(H,19,21)(H2,17,22,23). The molecule has 0 spiro atoms. The van der Waals surface area contributed by atoms with Gasteiger partial charge in [-0.15, -0.1) is 0 Å². The first-order chi connectivity index (χ1) is 11.9. The molecule has 0 saturated heterocycles. The van der Waals surface area contributed by atoms with Gasteiger partial charge in [0.15, 0.2) is 5.82 Å². The third-order valence-electron chi connectivity index (χ3n) is 3.48. The average Bonchev–Trinajstić information content (AvgIpc) is 2.97. The third-order valence-corrected chi connectivity index (χ3v) is 4.41. The van der Waals surface area contributed by atoms with Gasteiger partial charge in [-0.2, -0.15) is 4.98 Å². The lowest BCUT2D eigenvalue weighted by molar-refractivity contribution is 0.341. The summed E-state index contributed by atoms with van der Waals surface area (Å²) >= 11 is 0. The van der Waals surface area contributed by atoms with Gasteiger partial charge in [-0.25, -0.2) is 28.1 Å². The van der Waals surface area contributed by atoms with Crippen LogP contribution in [-0.2, 0) is 10.0 Å². The Morgan fingerprint density at radius 2 is 1.84 bits per heavy atom. The van der Waals surface area contributed by atoms with E-state index in [4.69, 9.17) is 9.88 Å². The fourth-order valence-electron chi connectivity index (χ4n) is 2.40. The van der Waals surface area contributed by atoms with E-state index in [1.807, 2.05) is 19.1 Å². The van der Waals surface area contributed by atoms with Crippen LogP contribution in [0.4, 0.5) is 0 Å². The smallest absolute Gasteiger partial charge is 0.362 e. The summed E-state index contributed by atoms with van der Waals surface area (Å²) in [5, 5.41) is 7.70. The fourth-order valence-corrected chi connectivity index (χ4v) is 2.92. The van der Waals surface area contributed by atoms with Gasteiger partial charge in [0.05, 0.1) is 22.8 Å². The number of nitrogens with two attached hydrogens (primary N) is 1. The Morgan fingerprint density at radius 1 is 1.16 bits per heavy atom. The second-order valence-electron chi connectivity index (χ2n) is 5.16. The van der Waals surface area contributed by atoms with Gasteiger partial charge in [-0.05, 0) is 43.3 Å². The largest absolute Gasteiger partial charge is 0.493 e. The van der Waals surface area contributed by atoms with Crippen molar-refractivity contribution in [3.63, 3.8) is 0 Å². The van der Waals surface area contributed by atoms with Gasteiger partial charge in [0.2, 0.25) is 10.0 Å². The van der Waals surface area contributed by atoms with Gasteiger partial charge in [-0.1, -0.05) is 12.1 Å². The van der Waals surface area contributed by atoms with E-state index >= 15 is 0 Å². The van der Waals surface area contributed by atoms with E-state index in [2.05, 4.69) is 10.1 Å². The zero-order valence-electron chi connectivity index (χ0n) is 13.3. The van der Waals surface area contributed by atoms with Gasteiger partial charge in [-0.3, -0.25) is 0 Å². The van der Waals surface area contributed by atoms with E-state index in [0.717, 1.165) is 0 Å². The Balaban J connectivity index is 2.13. The molecule has 1 heterocycles. The maximum atomic E-state index is 11.8. The minimum atomic E-state index is -3.79. The highest BCUT2D eigenvalue weighted by Crippen LogP contribution is 2.29. The molecule has 0 atom stereocenters. The maximum Gasteiger partial charge on any atom is 0.362 e. The molecule has 9 heteroatoms. The van der Waals surface area contributed by atoms with E-state index in [0.29, 0.717) is 29.4 Å². The van der Waals surface area contributed by atoms with Gasteiger partial charge < -0.3 is 4.74 Å². The van der Waals surface area contributed by atoms with Gasteiger partial charge in [0.1, 0.15) is 5.75 Å². The number of ether oxygens (including phenoxy) is 1. The van der Waals surface area contributed by atoms with Gasteiger partial charge >= 0.3 is 5.69 Å². The van der Waals surface area contributed by atoms with Crippen molar-refractivity contribution >= 4 is 10.0 Å². The van der Waals surface area contributed by atoms with E-state index in [1.165, 1.54) is 28.9 Å². The first-order valence-corrected chi connectivity index (χ1v) is 8.99. The number of benzene rings is 2. The topological polar surface area (TPSA) is 120 Å². The van der Waals surface area contributed by atoms with E-state index in [9.17, 15) is 13.2 Å². The van der Waals surface area contributed by atoms with Crippen molar-refractivity contribution in [1.82, 2.24) is 14.8 Å². The lowest BCUT2D eigenvalue weighted by Crippen LogP contribution is -2.12. The van der Waals surface area contributed by atoms with Crippen molar-refractivity contribution in [2.75, 3.05) is 6.61 Å². The molecule has 0 saturated carbocycles. The van der Waals surface area contributed by atoms with E-state index in [-0.39, 0.29) is 4.90 Å². The number of H-pyrrole nitrogens is 1. The number of nitrogens with zero attached hydrogens (tertiary/aromatic N) is 2. The molecule has 3 N–H and O–H groups in total. The minimum absolute atomic E-state index is 0.0185. The molecule has 130 valence electrons. The van der Waals surface area contributed by atoms with E-state index in [1.54, 1.807) is 12.1 Å². The molecule has 0 unspecified atom stereocenters. The summed E-state index contributed by atoms with van der Waals surface area (Å²) in [6.07, 6.45) is 0. The number of hydrogen-bond donors (Lipinski definition) is 2. The molecule has 0 fully saturated rings. The van der Waals surface area contributed by atoms with Crippen molar-refractivity contribution in [3.05, 3.63) is 59.0 Å². The number of rotatable bonds is 5. The molecule has 0 aliphatic carbocycles. The van der Waals surface area contributed by atoms with Crippen LogP contribution in [0.1, 0.15) is 6.92 Å². The molecule has 3 rings (SSSR count). The molecule has 0 amide bonds. The van der Waals surface area contributed by atoms with Crippen molar-refractivity contribution in [3.8, 4) is 22.8 Å². The molecule has 2 aromatic carbocycles. The normalized spacial score (nSPS) is 11.4. The number of hydrogen-bond acceptors (Lipinski definition) is 5. The highest BCUT2D eigenvalue weighted by Gasteiger charge is 2.16. The summed E-state index contributed by atoms with van der Waals surface area (Å²) in [4.78, 5) is 15.8. The Kier molecular flexibility index (Phi) is 4.43. The van der Waals surface area contributed by atoms with Crippen LogP contribution >= 0.6 is 0 Å². The van der Waals surface area contributed by atoms with Crippen LogP contribution < -0.4 is 15.6 Å². The highest BCUT2D eigenvalue weighted by molar-refractivity contribution is 7.89. The van der Waals surface area contributed by atoms with Crippen molar-refractivity contribution in [2.45, 2.75) is 11.8 Å². The lowest BCUT2D eigenvalue weighted by Gasteiger charge is -2.11. The van der Waals surface area contributed by atoms with Crippen LogP contribution in [0.2, 0.25) is 0 Å². The number of sulfonamides is 1. The van der Waals surface area contributed by atoms with Crippen LogP contribution in [0.5, 0.6) is 5.75 Å². The molecular formula is C16H16N4O4S. The Hall–Kier alpha value is -2.91. The summed E-state index contributed by atoms with van der Waals surface area (Å²) in [6, 6.07) is 13.0. The van der Waals surface area contributed by atoms with Crippen LogP contribution in [0.25, 0.3) is 17.1 Å². The predicted molar refractivity (Wildman–Crippen MR) is 92.2 cm³/mol. The molecule has 0 radical (unpaired) electrons. The zero-order chi connectivity index (χ0) is 18.0. The summed E-state index contributed by atoms with van der Waals surface area (Å²) in [5.41, 5.74) is 0.637. The molecule has 0 aliphatic rings. The van der Waals surface area contributed by atoms with Crippen molar-refractivity contribution < 1.29 is 13.2 Å². The molecule has 8 nitrogen and oxygen atoms in total. The summed E-state index contributed by atoms with van der Waals surface area (Å²) < 4.78 is 29.8.